The van der Waals surface area contributed by atoms with Gasteiger partial charge in [0.15, 0.2) is 0 Å². The Kier molecular flexibility index (Phi) is 6.54. The first-order valence-electron chi connectivity index (χ1n) is 5.71. The van der Waals surface area contributed by atoms with Crippen molar-refractivity contribution >= 4 is 17.5 Å². The van der Waals surface area contributed by atoms with Crippen LogP contribution in [-0.2, 0) is 4.74 Å². The fourth-order valence-electron chi connectivity index (χ4n) is 1.56. The summed E-state index contributed by atoms with van der Waals surface area (Å²) in [7, 11) is 3.18. The van der Waals surface area contributed by atoms with Crippen molar-refractivity contribution in [3.8, 4) is 5.75 Å². The minimum Gasteiger partial charge on any atom is -0.497 e. The first kappa shape index (κ1) is 14.8. The predicted octanol–water partition coefficient (Wildman–Crippen LogP) is 2.02. The van der Waals surface area contributed by atoms with Gasteiger partial charge in [0.25, 0.3) is 5.91 Å². The number of hydrogen-bond donors (Lipinski definition) is 0. The molecular weight excluding hydrogens is 254 g/mol. The summed E-state index contributed by atoms with van der Waals surface area (Å²) in [6.07, 6.45) is 0. The average molecular weight is 272 g/mol. The molecule has 1 rings (SSSR count). The molecule has 100 valence electrons. The molecule has 0 spiro atoms. The van der Waals surface area contributed by atoms with Gasteiger partial charge in [-0.25, -0.2) is 0 Å². The maximum Gasteiger partial charge on any atom is 0.254 e. The van der Waals surface area contributed by atoms with Gasteiger partial charge in [-0.05, 0) is 18.2 Å². The third kappa shape index (κ3) is 4.20. The van der Waals surface area contributed by atoms with Gasteiger partial charge < -0.3 is 14.4 Å². The lowest BCUT2D eigenvalue weighted by molar-refractivity contribution is 0.0707. The minimum atomic E-state index is -0.0633. The molecule has 0 bridgehead atoms. The highest BCUT2D eigenvalue weighted by Gasteiger charge is 2.15. The van der Waals surface area contributed by atoms with E-state index in [0.29, 0.717) is 36.9 Å². The Labute approximate surface area is 112 Å². The van der Waals surface area contributed by atoms with Crippen LogP contribution >= 0.6 is 11.6 Å². The van der Waals surface area contributed by atoms with Crippen LogP contribution < -0.4 is 4.74 Å². The minimum absolute atomic E-state index is 0.0633. The monoisotopic (exact) mass is 271 g/mol. The zero-order valence-corrected chi connectivity index (χ0v) is 11.4. The quantitative estimate of drug-likeness (QED) is 0.712. The van der Waals surface area contributed by atoms with Gasteiger partial charge in [-0.3, -0.25) is 4.79 Å². The lowest BCUT2D eigenvalue weighted by Gasteiger charge is -2.21. The van der Waals surface area contributed by atoms with Crippen LogP contribution in [0.25, 0.3) is 0 Å². The molecule has 0 saturated carbocycles. The number of rotatable bonds is 7. The van der Waals surface area contributed by atoms with E-state index in [1.165, 1.54) is 0 Å². The Morgan fingerprint density at radius 1 is 1.33 bits per heavy atom. The Balaban J connectivity index is 2.79. The van der Waals surface area contributed by atoms with Crippen LogP contribution in [0.4, 0.5) is 0 Å². The van der Waals surface area contributed by atoms with Crippen LogP contribution in [0.5, 0.6) is 5.75 Å². The number of methoxy groups -OCH3 is 2. The molecule has 0 aliphatic heterocycles. The Bertz CT molecular complexity index is 384. The van der Waals surface area contributed by atoms with Crippen molar-refractivity contribution in [2.24, 2.45) is 0 Å². The van der Waals surface area contributed by atoms with Gasteiger partial charge in [-0.15, -0.1) is 11.6 Å². The highest BCUT2D eigenvalue weighted by Crippen LogP contribution is 2.14. The number of carbonyl (C=O) groups excluding carboxylic acids is 1. The van der Waals surface area contributed by atoms with Gasteiger partial charge in [-0.2, -0.15) is 0 Å². The molecule has 0 aliphatic carbocycles. The van der Waals surface area contributed by atoms with Crippen LogP contribution in [0.15, 0.2) is 24.3 Å². The fourth-order valence-corrected chi connectivity index (χ4v) is 1.76. The maximum absolute atomic E-state index is 12.3. The van der Waals surface area contributed by atoms with Crippen molar-refractivity contribution in [2.75, 3.05) is 39.8 Å². The maximum atomic E-state index is 12.3. The zero-order chi connectivity index (χ0) is 13.4. The molecule has 1 aromatic carbocycles. The number of benzene rings is 1. The van der Waals surface area contributed by atoms with E-state index in [1.807, 2.05) is 0 Å². The van der Waals surface area contributed by atoms with Gasteiger partial charge in [0, 0.05) is 31.6 Å². The van der Waals surface area contributed by atoms with Crippen molar-refractivity contribution in [1.82, 2.24) is 4.90 Å². The van der Waals surface area contributed by atoms with Crippen LogP contribution in [-0.4, -0.2) is 50.6 Å². The highest BCUT2D eigenvalue weighted by atomic mass is 35.5. The molecule has 0 saturated heterocycles. The van der Waals surface area contributed by atoms with E-state index in [0.717, 1.165) is 0 Å². The van der Waals surface area contributed by atoms with Crippen molar-refractivity contribution < 1.29 is 14.3 Å². The number of alkyl halides is 1. The van der Waals surface area contributed by atoms with Crippen molar-refractivity contribution in [3.63, 3.8) is 0 Å². The number of halogens is 1. The predicted molar refractivity (Wildman–Crippen MR) is 71.5 cm³/mol. The number of amides is 1. The van der Waals surface area contributed by atoms with E-state index >= 15 is 0 Å². The molecule has 0 heterocycles. The van der Waals surface area contributed by atoms with E-state index in [2.05, 4.69) is 0 Å². The second kappa shape index (κ2) is 7.95. The van der Waals surface area contributed by atoms with Gasteiger partial charge in [0.05, 0.1) is 13.7 Å². The van der Waals surface area contributed by atoms with Crippen molar-refractivity contribution in [3.05, 3.63) is 29.8 Å². The molecule has 0 atom stereocenters. The van der Waals surface area contributed by atoms with Crippen LogP contribution in [0.3, 0.4) is 0 Å². The molecule has 0 N–H and O–H groups in total. The van der Waals surface area contributed by atoms with Crippen LogP contribution in [0.1, 0.15) is 10.4 Å². The summed E-state index contributed by atoms with van der Waals surface area (Å²) < 4.78 is 10.1. The largest absolute Gasteiger partial charge is 0.497 e. The molecule has 0 aromatic heterocycles. The Morgan fingerprint density at radius 2 is 2.11 bits per heavy atom. The molecule has 1 amide bonds. The van der Waals surface area contributed by atoms with Crippen LogP contribution in [0, 0.1) is 0 Å². The van der Waals surface area contributed by atoms with E-state index in [9.17, 15) is 4.79 Å². The standard InChI is InChI=1S/C13H18ClNO3/c1-17-9-8-15(7-6-14)13(16)11-4-3-5-12(10-11)18-2/h3-5,10H,6-9H2,1-2H3. The number of ether oxygens (including phenoxy) is 2. The van der Waals surface area contributed by atoms with E-state index in [1.54, 1.807) is 43.4 Å². The van der Waals surface area contributed by atoms with Gasteiger partial charge in [0.1, 0.15) is 5.75 Å². The number of nitrogens with zero attached hydrogens (tertiary/aromatic N) is 1. The fraction of sp³-hybridized carbons (Fsp3) is 0.462. The Hall–Kier alpha value is -1.26. The summed E-state index contributed by atoms with van der Waals surface area (Å²) in [6.45, 7) is 1.52. The average Bonchev–Trinajstić information content (AvgIpc) is 2.42. The molecule has 0 aliphatic rings. The summed E-state index contributed by atoms with van der Waals surface area (Å²) in [5, 5.41) is 0. The topological polar surface area (TPSA) is 38.8 Å². The zero-order valence-electron chi connectivity index (χ0n) is 10.7. The summed E-state index contributed by atoms with van der Waals surface area (Å²) in [5.41, 5.74) is 0.593. The van der Waals surface area contributed by atoms with Crippen molar-refractivity contribution in [1.29, 1.82) is 0 Å². The van der Waals surface area contributed by atoms with Gasteiger partial charge in [-0.1, -0.05) is 6.07 Å². The number of carbonyl (C=O) groups is 1. The molecule has 0 radical (unpaired) electrons. The summed E-state index contributed by atoms with van der Waals surface area (Å²) in [5.74, 6) is 1.00. The third-order valence-corrected chi connectivity index (χ3v) is 2.69. The summed E-state index contributed by atoms with van der Waals surface area (Å²) >= 11 is 5.71. The van der Waals surface area contributed by atoms with E-state index in [4.69, 9.17) is 21.1 Å². The lowest BCUT2D eigenvalue weighted by atomic mass is 10.2. The molecule has 0 fully saturated rings. The second-order valence-corrected chi connectivity index (χ2v) is 4.08. The van der Waals surface area contributed by atoms with E-state index < -0.39 is 0 Å². The molecular formula is C13H18ClNO3. The molecule has 5 heteroatoms. The highest BCUT2D eigenvalue weighted by molar-refractivity contribution is 6.18. The van der Waals surface area contributed by atoms with Gasteiger partial charge in [0.2, 0.25) is 0 Å². The first-order valence-corrected chi connectivity index (χ1v) is 6.24. The molecule has 0 unspecified atom stereocenters. The van der Waals surface area contributed by atoms with Crippen molar-refractivity contribution in [2.45, 2.75) is 0 Å². The molecule has 1 aromatic rings. The smallest absolute Gasteiger partial charge is 0.254 e. The molecule has 18 heavy (non-hydrogen) atoms. The third-order valence-electron chi connectivity index (χ3n) is 2.52. The first-order chi connectivity index (χ1) is 8.72. The van der Waals surface area contributed by atoms with E-state index in [-0.39, 0.29) is 5.91 Å². The second-order valence-electron chi connectivity index (χ2n) is 3.71. The normalized spacial score (nSPS) is 10.2. The number of hydrogen-bond acceptors (Lipinski definition) is 3. The molecule has 4 nitrogen and oxygen atoms in total. The van der Waals surface area contributed by atoms with Gasteiger partial charge >= 0.3 is 0 Å². The van der Waals surface area contributed by atoms with Crippen LogP contribution in [0.2, 0.25) is 0 Å². The lowest BCUT2D eigenvalue weighted by Crippen LogP contribution is -2.35. The summed E-state index contributed by atoms with van der Waals surface area (Å²) in [4.78, 5) is 13.9. The SMILES string of the molecule is COCCN(CCCl)C(=O)c1cccc(OC)c1. The summed E-state index contributed by atoms with van der Waals surface area (Å²) in [6, 6.07) is 7.08. The Morgan fingerprint density at radius 3 is 2.72 bits per heavy atom.